The van der Waals surface area contributed by atoms with E-state index in [1.165, 1.54) is 31.2 Å². The number of aliphatic carboxylic acids is 1. The molecule has 33 heavy (non-hydrogen) atoms. The Balaban J connectivity index is 1.83. The lowest BCUT2D eigenvalue weighted by molar-refractivity contribution is -0.137. The van der Waals surface area contributed by atoms with Crippen molar-refractivity contribution in [1.82, 2.24) is 5.32 Å². The molecule has 2 N–H and O–H groups in total. The van der Waals surface area contributed by atoms with Gasteiger partial charge in [-0.25, -0.2) is 0 Å². The Hall–Kier alpha value is -2.27. The highest BCUT2D eigenvalue weighted by Gasteiger charge is 2.15. The molecular weight excluding hydrogens is 430 g/mol. The van der Waals surface area contributed by atoms with Gasteiger partial charge in [-0.2, -0.15) is 0 Å². The van der Waals surface area contributed by atoms with Crippen LogP contribution in [0.3, 0.4) is 0 Å². The Labute approximate surface area is 203 Å². The lowest BCUT2D eigenvalue weighted by atomic mass is 9.96. The van der Waals surface area contributed by atoms with Gasteiger partial charge in [0.1, 0.15) is 0 Å². The van der Waals surface area contributed by atoms with Gasteiger partial charge in [-0.05, 0) is 42.0 Å². The number of carbonyl (C=O) groups excluding carboxylic acids is 1. The number of thioether (sulfide) groups is 1. The molecule has 2 aromatic carbocycles. The van der Waals surface area contributed by atoms with E-state index >= 15 is 0 Å². The number of hydrogen-bond acceptors (Lipinski definition) is 3. The first kappa shape index (κ1) is 27.0. The minimum atomic E-state index is -0.827. The van der Waals surface area contributed by atoms with E-state index in [1.807, 2.05) is 24.3 Å². The smallest absolute Gasteiger partial charge is 0.303 e. The largest absolute Gasteiger partial charge is 0.481 e. The molecular formula is C28H39NO3S. The Morgan fingerprint density at radius 1 is 0.879 bits per heavy atom. The Morgan fingerprint density at radius 3 is 2.30 bits per heavy atom. The highest BCUT2D eigenvalue weighted by Crippen LogP contribution is 2.26. The maximum absolute atomic E-state index is 12.5. The fourth-order valence-electron chi connectivity index (χ4n) is 3.98. The molecule has 4 nitrogen and oxygen atoms in total. The fourth-order valence-corrected chi connectivity index (χ4v) is 5.01. The van der Waals surface area contributed by atoms with Crippen LogP contribution >= 0.6 is 11.8 Å². The van der Waals surface area contributed by atoms with Crippen LogP contribution in [0.5, 0.6) is 0 Å². The molecule has 0 saturated carbocycles. The van der Waals surface area contributed by atoms with Gasteiger partial charge in [-0.3, -0.25) is 9.59 Å². The number of benzene rings is 2. The van der Waals surface area contributed by atoms with Crippen LogP contribution in [-0.4, -0.2) is 28.8 Å². The zero-order valence-electron chi connectivity index (χ0n) is 20.1. The van der Waals surface area contributed by atoms with Crippen LogP contribution in [0.4, 0.5) is 0 Å². The molecule has 2 rings (SSSR count). The molecule has 0 aliphatic carbocycles. The highest BCUT2D eigenvalue weighted by molar-refractivity contribution is 7.99. The van der Waals surface area contributed by atoms with Crippen LogP contribution in [0.1, 0.15) is 71.6 Å². The zero-order valence-corrected chi connectivity index (χ0v) is 20.9. The number of amides is 1. The Kier molecular flexibility index (Phi) is 12.7. The molecule has 0 bridgehead atoms. The topological polar surface area (TPSA) is 66.4 Å². The predicted octanol–water partition coefficient (Wildman–Crippen LogP) is 7.18. The third kappa shape index (κ3) is 10.9. The van der Waals surface area contributed by atoms with Crippen LogP contribution in [0, 0.1) is 5.92 Å². The molecule has 0 aromatic heterocycles. The summed E-state index contributed by atoms with van der Waals surface area (Å²) in [5, 5.41) is 12.2. The fraction of sp³-hybridized carbons (Fsp3) is 0.500. The number of unbranched alkanes of at least 4 members (excludes halogenated alkanes) is 2. The number of carboxylic acid groups (broad SMARTS) is 1. The first-order valence-corrected chi connectivity index (χ1v) is 13.3. The number of rotatable bonds is 16. The van der Waals surface area contributed by atoms with Gasteiger partial charge in [-0.1, -0.05) is 88.4 Å². The quantitative estimate of drug-likeness (QED) is 0.202. The third-order valence-electron chi connectivity index (χ3n) is 6.14. The molecule has 0 aliphatic rings. The summed E-state index contributed by atoms with van der Waals surface area (Å²) >= 11 is 1.66. The lowest BCUT2D eigenvalue weighted by Crippen LogP contribution is -2.37. The summed E-state index contributed by atoms with van der Waals surface area (Å²) in [6.07, 6.45) is 7.87. The van der Waals surface area contributed by atoms with Gasteiger partial charge in [0.05, 0.1) is 0 Å². The molecule has 0 heterocycles. The summed E-state index contributed by atoms with van der Waals surface area (Å²) in [6.45, 7) is 4.49. The lowest BCUT2D eigenvalue weighted by Gasteiger charge is -2.18. The van der Waals surface area contributed by atoms with E-state index in [0.29, 0.717) is 18.6 Å². The van der Waals surface area contributed by atoms with Gasteiger partial charge in [0, 0.05) is 29.5 Å². The molecule has 0 fully saturated rings. The maximum Gasteiger partial charge on any atom is 0.303 e. The van der Waals surface area contributed by atoms with Crippen molar-refractivity contribution in [3.63, 3.8) is 0 Å². The van der Waals surface area contributed by atoms with Crippen molar-refractivity contribution >= 4 is 23.6 Å². The maximum atomic E-state index is 12.5. The first-order valence-electron chi connectivity index (χ1n) is 12.3. The van der Waals surface area contributed by atoms with Crippen molar-refractivity contribution < 1.29 is 14.7 Å². The summed E-state index contributed by atoms with van der Waals surface area (Å²) in [4.78, 5) is 24.7. The predicted molar refractivity (Wildman–Crippen MR) is 139 cm³/mol. The van der Waals surface area contributed by atoms with Crippen molar-refractivity contribution in [3.05, 3.63) is 54.6 Å². The van der Waals surface area contributed by atoms with Gasteiger partial charge in [0.2, 0.25) is 5.91 Å². The molecule has 1 atom stereocenters. The van der Waals surface area contributed by atoms with Gasteiger partial charge < -0.3 is 10.4 Å². The van der Waals surface area contributed by atoms with Crippen LogP contribution in [0.2, 0.25) is 0 Å². The number of carbonyl (C=O) groups is 2. The van der Waals surface area contributed by atoms with Gasteiger partial charge in [-0.15, -0.1) is 11.8 Å². The SMILES string of the molecule is CCC(CC)CCCCCC(=O)N[C@@H](CCC(=O)O)CSc1cccc(-c2ccccc2)c1. The number of nitrogens with one attached hydrogen (secondary N) is 1. The minimum absolute atomic E-state index is 0.0339. The van der Waals surface area contributed by atoms with Crippen LogP contribution < -0.4 is 5.32 Å². The molecule has 0 radical (unpaired) electrons. The molecule has 180 valence electrons. The van der Waals surface area contributed by atoms with Crippen LogP contribution in [-0.2, 0) is 9.59 Å². The van der Waals surface area contributed by atoms with Gasteiger partial charge in [0.25, 0.3) is 0 Å². The van der Waals surface area contributed by atoms with E-state index in [0.717, 1.165) is 29.2 Å². The van der Waals surface area contributed by atoms with Crippen molar-refractivity contribution in [1.29, 1.82) is 0 Å². The van der Waals surface area contributed by atoms with Crippen LogP contribution in [0.15, 0.2) is 59.5 Å². The second-order valence-corrected chi connectivity index (χ2v) is 9.78. The number of hydrogen-bond donors (Lipinski definition) is 2. The van der Waals surface area contributed by atoms with E-state index in [-0.39, 0.29) is 18.4 Å². The zero-order chi connectivity index (χ0) is 23.9. The standard InChI is InChI=1S/C28H39NO3S/c1-3-22(4-2)12-7-5-10-17-27(30)29-25(18-19-28(31)32)21-33-26-16-11-15-24(20-26)23-13-8-6-9-14-23/h6,8-9,11,13-16,20,22,25H,3-5,7,10,12,17-19,21H2,1-2H3,(H,29,30)(H,31,32)/t25-/m0/s1. The monoisotopic (exact) mass is 469 g/mol. The molecule has 0 unspecified atom stereocenters. The summed E-state index contributed by atoms with van der Waals surface area (Å²) in [5.74, 6) is 0.668. The molecule has 0 saturated heterocycles. The van der Waals surface area contributed by atoms with Crippen molar-refractivity contribution in [2.75, 3.05) is 5.75 Å². The Morgan fingerprint density at radius 2 is 1.61 bits per heavy atom. The summed E-state index contributed by atoms with van der Waals surface area (Å²) < 4.78 is 0. The average Bonchev–Trinajstić information content (AvgIpc) is 2.83. The minimum Gasteiger partial charge on any atom is -0.481 e. The van der Waals surface area contributed by atoms with Gasteiger partial charge in [0.15, 0.2) is 0 Å². The molecule has 0 spiro atoms. The van der Waals surface area contributed by atoms with Crippen molar-refractivity contribution in [3.8, 4) is 11.1 Å². The molecule has 2 aromatic rings. The first-order chi connectivity index (χ1) is 16.0. The van der Waals surface area contributed by atoms with E-state index in [4.69, 9.17) is 5.11 Å². The van der Waals surface area contributed by atoms with E-state index in [9.17, 15) is 9.59 Å². The summed E-state index contributed by atoms with van der Waals surface area (Å²) in [6, 6.07) is 18.4. The van der Waals surface area contributed by atoms with Crippen LogP contribution in [0.25, 0.3) is 11.1 Å². The third-order valence-corrected chi connectivity index (χ3v) is 7.29. The van der Waals surface area contributed by atoms with Crippen molar-refractivity contribution in [2.45, 2.75) is 82.6 Å². The normalized spacial score (nSPS) is 12.0. The molecule has 5 heteroatoms. The Bertz CT molecular complexity index is 836. The second kappa shape index (κ2) is 15.5. The van der Waals surface area contributed by atoms with Gasteiger partial charge >= 0.3 is 5.97 Å². The van der Waals surface area contributed by atoms with E-state index in [2.05, 4.69) is 49.5 Å². The average molecular weight is 470 g/mol. The number of carboxylic acids is 1. The summed E-state index contributed by atoms with van der Waals surface area (Å²) in [7, 11) is 0. The molecule has 0 aliphatic heterocycles. The highest BCUT2D eigenvalue weighted by atomic mass is 32.2. The molecule has 1 amide bonds. The van der Waals surface area contributed by atoms with E-state index < -0.39 is 5.97 Å². The second-order valence-electron chi connectivity index (χ2n) is 8.68. The van der Waals surface area contributed by atoms with Crippen molar-refractivity contribution in [2.24, 2.45) is 5.92 Å². The van der Waals surface area contributed by atoms with E-state index in [1.54, 1.807) is 11.8 Å². The summed E-state index contributed by atoms with van der Waals surface area (Å²) in [5.41, 5.74) is 2.32.